The van der Waals surface area contributed by atoms with E-state index in [1.165, 1.54) is 15.3 Å². The molecule has 0 radical (unpaired) electrons. The van der Waals surface area contributed by atoms with E-state index in [4.69, 9.17) is 23.2 Å². The number of rotatable bonds is 3. The molecule has 10 heteroatoms. The van der Waals surface area contributed by atoms with E-state index in [-0.39, 0.29) is 32.5 Å². The van der Waals surface area contributed by atoms with Crippen LogP contribution in [-0.4, -0.2) is 64.9 Å². The van der Waals surface area contributed by atoms with Crippen molar-refractivity contribution in [3.8, 4) is 0 Å². The van der Waals surface area contributed by atoms with E-state index in [9.17, 15) is 16.8 Å². The molecule has 2 aliphatic rings. The Labute approximate surface area is 152 Å². The van der Waals surface area contributed by atoms with Crippen LogP contribution in [0, 0.1) is 0 Å². The Hall–Kier alpha value is -0.380. The van der Waals surface area contributed by atoms with E-state index in [1.807, 2.05) is 0 Å². The zero-order valence-corrected chi connectivity index (χ0v) is 16.1. The van der Waals surface area contributed by atoms with Crippen LogP contribution in [0.3, 0.4) is 0 Å². The molecular formula is C14H19Cl2N2O4S2+. The zero-order chi connectivity index (χ0) is 17.5. The van der Waals surface area contributed by atoms with Crippen LogP contribution in [0.4, 0.5) is 0 Å². The summed E-state index contributed by atoms with van der Waals surface area (Å²) < 4.78 is 50.2. The van der Waals surface area contributed by atoms with Crippen molar-refractivity contribution in [2.45, 2.75) is 17.4 Å². The maximum Gasteiger partial charge on any atom is 0.245 e. The Bertz CT molecular complexity index is 834. The van der Waals surface area contributed by atoms with E-state index in [0.717, 1.165) is 0 Å². The zero-order valence-electron chi connectivity index (χ0n) is 12.9. The van der Waals surface area contributed by atoms with Crippen molar-refractivity contribution in [1.82, 2.24) is 4.31 Å². The predicted molar refractivity (Wildman–Crippen MR) is 93.0 cm³/mol. The molecule has 2 heterocycles. The lowest BCUT2D eigenvalue weighted by molar-refractivity contribution is -0.925. The van der Waals surface area contributed by atoms with Crippen molar-refractivity contribution in [2.75, 3.05) is 37.7 Å². The molecule has 1 N–H and O–H groups in total. The molecular weight excluding hydrogens is 395 g/mol. The lowest BCUT2D eigenvalue weighted by Crippen LogP contribution is -3.18. The van der Waals surface area contributed by atoms with Crippen LogP contribution in [0.2, 0.25) is 10.0 Å². The highest BCUT2D eigenvalue weighted by molar-refractivity contribution is 7.91. The van der Waals surface area contributed by atoms with Crippen LogP contribution in [-0.2, 0) is 19.9 Å². The Morgan fingerprint density at radius 1 is 1.17 bits per heavy atom. The average Bonchev–Trinajstić information content (AvgIpc) is 2.90. The summed E-state index contributed by atoms with van der Waals surface area (Å²) in [5.74, 6) is 0.441. The SMILES string of the molecule is O=S1(=O)CC[C@@H]([NH+]2CCN(S(=O)(=O)c3cccc(Cl)c3Cl)CC2)C1. The summed E-state index contributed by atoms with van der Waals surface area (Å²) in [5.41, 5.74) is 0. The number of halogens is 2. The first-order chi connectivity index (χ1) is 11.2. The third kappa shape index (κ3) is 3.59. The number of sulfone groups is 1. The number of nitrogens with zero attached hydrogens (tertiary/aromatic N) is 1. The fourth-order valence-corrected chi connectivity index (χ4v) is 7.36. The van der Waals surface area contributed by atoms with Gasteiger partial charge in [0.2, 0.25) is 10.0 Å². The molecule has 6 nitrogen and oxygen atoms in total. The van der Waals surface area contributed by atoms with Gasteiger partial charge in [0.1, 0.15) is 16.7 Å². The molecule has 0 aromatic heterocycles. The van der Waals surface area contributed by atoms with Crippen molar-refractivity contribution in [2.24, 2.45) is 0 Å². The number of piperazine rings is 1. The highest BCUT2D eigenvalue weighted by Gasteiger charge is 2.39. The summed E-state index contributed by atoms with van der Waals surface area (Å²) in [6.07, 6.45) is 0.657. The quantitative estimate of drug-likeness (QED) is 0.760. The largest absolute Gasteiger partial charge is 0.329 e. The van der Waals surface area contributed by atoms with Gasteiger partial charge in [-0.2, -0.15) is 4.31 Å². The van der Waals surface area contributed by atoms with Crippen LogP contribution < -0.4 is 4.90 Å². The number of nitrogens with one attached hydrogen (secondary N) is 1. The summed E-state index contributed by atoms with van der Waals surface area (Å²) >= 11 is 12.0. The Morgan fingerprint density at radius 2 is 1.83 bits per heavy atom. The van der Waals surface area contributed by atoms with Crippen molar-refractivity contribution in [3.05, 3.63) is 28.2 Å². The molecule has 1 atom stereocenters. The highest BCUT2D eigenvalue weighted by Crippen LogP contribution is 2.30. The Morgan fingerprint density at radius 3 is 2.42 bits per heavy atom. The molecule has 134 valence electrons. The van der Waals surface area contributed by atoms with Gasteiger partial charge in [0.25, 0.3) is 0 Å². The van der Waals surface area contributed by atoms with Gasteiger partial charge in [0.05, 0.1) is 42.0 Å². The average molecular weight is 414 g/mol. The number of quaternary nitrogens is 1. The molecule has 0 spiro atoms. The minimum Gasteiger partial charge on any atom is -0.329 e. The van der Waals surface area contributed by atoms with Crippen LogP contribution in [0.5, 0.6) is 0 Å². The van der Waals surface area contributed by atoms with Gasteiger partial charge in [0, 0.05) is 6.42 Å². The van der Waals surface area contributed by atoms with Gasteiger partial charge in [-0.3, -0.25) is 0 Å². The van der Waals surface area contributed by atoms with E-state index in [0.29, 0.717) is 32.6 Å². The van der Waals surface area contributed by atoms with Gasteiger partial charge in [-0.25, -0.2) is 16.8 Å². The molecule has 0 saturated carbocycles. The fourth-order valence-electron chi connectivity index (χ4n) is 3.36. The molecule has 3 rings (SSSR count). The van der Waals surface area contributed by atoms with Crippen molar-refractivity contribution in [1.29, 1.82) is 0 Å². The molecule has 0 aliphatic carbocycles. The summed E-state index contributed by atoms with van der Waals surface area (Å²) in [6.45, 7) is 1.88. The molecule has 1 aromatic rings. The van der Waals surface area contributed by atoms with Gasteiger partial charge < -0.3 is 4.90 Å². The van der Waals surface area contributed by atoms with E-state index in [2.05, 4.69) is 0 Å². The van der Waals surface area contributed by atoms with Crippen LogP contribution in [0.25, 0.3) is 0 Å². The van der Waals surface area contributed by atoms with Gasteiger partial charge >= 0.3 is 0 Å². The lowest BCUT2D eigenvalue weighted by atomic mass is 10.2. The number of hydrogen-bond acceptors (Lipinski definition) is 4. The smallest absolute Gasteiger partial charge is 0.245 e. The van der Waals surface area contributed by atoms with E-state index in [1.54, 1.807) is 12.1 Å². The normalized spacial score (nSPS) is 25.8. The maximum atomic E-state index is 12.8. The summed E-state index contributed by atoms with van der Waals surface area (Å²) in [4.78, 5) is 1.18. The molecule has 24 heavy (non-hydrogen) atoms. The molecule has 0 bridgehead atoms. The molecule has 0 unspecified atom stereocenters. The second-order valence-corrected chi connectivity index (χ2v) is 11.1. The van der Waals surface area contributed by atoms with Crippen LogP contribution in [0.1, 0.15) is 6.42 Å². The molecule has 2 aliphatic heterocycles. The van der Waals surface area contributed by atoms with E-state index >= 15 is 0 Å². The molecule has 0 amide bonds. The Balaban J connectivity index is 1.71. The van der Waals surface area contributed by atoms with Gasteiger partial charge in [0.15, 0.2) is 9.84 Å². The third-order valence-electron chi connectivity index (χ3n) is 4.71. The number of sulfonamides is 1. The lowest BCUT2D eigenvalue weighted by Gasteiger charge is -2.34. The first-order valence-electron chi connectivity index (χ1n) is 7.70. The van der Waals surface area contributed by atoms with Gasteiger partial charge in [-0.05, 0) is 12.1 Å². The fraction of sp³-hybridized carbons (Fsp3) is 0.571. The number of hydrogen-bond donors (Lipinski definition) is 1. The first kappa shape index (κ1) is 18.4. The Kier molecular flexibility index (Phi) is 5.17. The van der Waals surface area contributed by atoms with Crippen molar-refractivity contribution in [3.63, 3.8) is 0 Å². The molecule has 2 saturated heterocycles. The predicted octanol–water partition coefficient (Wildman–Crippen LogP) is 0.0697. The highest BCUT2D eigenvalue weighted by atomic mass is 35.5. The molecule has 1 aromatic carbocycles. The molecule has 2 fully saturated rings. The van der Waals surface area contributed by atoms with Crippen LogP contribution in [0.15, 0.2) is 23.1 Å². The van der Waals surface area contributed by atoms with E-state index < -0.39 is 19.9 Å². The van der Waals surface area contributed by atoms with Crippen LogP contribution >= 0.6 is 23.2 Å². The second-order valence-electron chi connectivity index (χ2n) is 6.21. The second kappa shape index (κ2) is 6.74. The monoisotopic (exact) mass is 413 g/mol. The van der Waals surface area contributed by atoms with Gasteiger partial charge in [-0.1, -0.05) is 29.3 Å². The van der Waals surface area contributed by atoms with Gasteiger partial charge in [-0.15, -0.1) is 0 Å². The first-order valence-corrected chi connectivity index (χ1v) is 11.7. The minimum atomic E-state index is -3.70. The topological polar surface area (TPSA) is 76.0 Å². The number of benzene rings is 1. The minimum absolute atomic E-state index is 0.0172. The standard InChI is InChI=1S/C14H18Cl2N2O4S2/c15-12-2-1-3-13(14(12)16)24(21,22)18-7-5-17(6-8-18)11-4-9-23(19,20)10-11/h1-3,11H,4-10H2/p+1/t11-/m1/s1. The summed E-state index contributed by atoms with van der Waals surface area (Å²) in [6, 6.07) is 4.64. The van der Waals surface area contributed by atoms with Crippen molar-refractivity contribution < 1.29 is 21.7 Å². The third-order valence-corrected chi connectivity index (χ3v) is 9.35. The maximum absolute atomic E-state index is 12.8. The summed E-state index contributed by atoms with van der Waals surface area (Å²) in [7, 11) is -6.62. The summed E-state index contributed by atoms with van der Waals surface area (Å²) in [5, 5.41) is 0.244. The van der Waals surface area contributed by atoms with Crippen molar-refractivity contribution >= 4 is 43.1 Å².